The van der Waals surface area contributed by atoms with Crippen LogP contribution in [0.25, 0.3) is 0 Å². The maximum Gasteiger partial charge on any atom is 0.306 e. The highest BCUT2D eigenvalue weighted by Crippen LogP contribution is 2.13. The van der Waals surface area contributed by atoms with Crippen LogP contribution in [0.4, 0.5) is 0 Å². The van der Waals surface area contributed by atoms with E-state index in [-0.39, 0.29) is 44.0 Å². The molecule has 0 rings (SSSR count). The molecule has 0 saturated heterocycles. The number of unbranched alkanes of at least 4 members (excludes halogenated alkanes) is 14. The topological polar surface area (TPSA) is 78.9 Å². The van der Waals surface area contributed by atoms with Crippen LogP contribution in [0.5, 0.6) is 0 Å². The van der Waals surface area contributed by atoms with Gasteiger partial charge >= 0.3 is 17.9 Å². The molecule has 0 saturated carbocycles. The third-order valence-electron chi connectivity index (χ3n) is 10.4. The second-order valence-corrected chi connectivity index (χ2v) is 16.7. The van der Waals surface area contributed by atoms with Crippen LogP contribution >= 0.6 is 0 Å². The van der Waals surface area contributed by atoms with Crippen molar-refractivity contribution in [3.05, 3.63) is 122 Å². The van der Waals surface area contributed by atoms with Gasteiger partial charge in [0.15, 0.2) is 6.10 Å². The number of carbonyl (C=O) groups excluding carboxylic acids is 3. The molecule has 0 amide bonds. The quantitative estimate of drug-likeness (QED) is 0.0262. The predicted molar refractivity (Wildman–Crippen MR) is 279 cm³/mol. The zero-order valence-electron chi connectivity index (χ0n) is 41.7. The number of hydrogen-bond donors (Lipinski definition) is 0. The Kier molecular flexibility index (Phi) is 49.1. The third kappa shape index (κ3) is 50.7. The summed E-state index contributed by atoms with van der Waals surface area (Å²) >= 11 is 0. The lowest BCUT2D eigenvalue weighted by molar-refractivity contribution is -0.166. The van der Waals surface area contributed by atoms with E-state index in [0.29, 0.717) is 19.3 Å². The Balaban J connectivity index is 4.58. The molecule has 0 aliphatic heterocycles. The minimum absolute atomic E-state index is 0.119. The van der Waals surface area contributed by atoms with Gasteiger partial charge in [-0.2, -0.15) is 0 Å². The average Bonchev–Trinajstić information content (AvgIpc) is 3.30. The second kappa shape index (κ2) is 52.4. The molecule has 0 aliphatic rings. The number of ether oxygens (including phenoxy) is 3. The van der Waals surface area contributed by atoms with Crippen LogP contribution in [0.2, 0.25) is 0 Å². The Labute approximate surface area is 399 Å². The molecule has 1 unspecified atom stereocenters. The molecule has 0 aromatic carbocycles. The summed E-state index contributed by atoms with van der Waals surface area (Å²) in [5.41, 5.74) is 0. The molecule has 0 aromatic rings. The van der Waals surface area contributed by atoms with E-state index in [9.17, 15) is 14.4 Å². The summed E-state index contributed by atoms with van der Waals surface area (Å²) in [4.78, 5) is 38.0. The van der Waals surface area contributed by atoms with Crippen molar-refractivity contribution >= 4 is 17.9 Å². The average molecular weight is 899 g/mol. The molecule has 0 bridgehead atoms. The van der Waals surface area contributed by atoms with Crippen molar-refractivity contribution in [3.8, 4) is 0 Å². The van der Waals surface area contributed by atoms with Gasteiger partial charge in [-0.25, -0.2) is 0 Å². The van der Waals surface area contributed by atoms with Crippen molar-refractivity contribution in [3.63, 3.8) is 0 Å². The first-order chi connectivity index (χ1) is 32.0. The van der Waals surface area contributed by atoms with Gasteiger partial charge in [-0.15, -0.1) is 0 Å². The van der Waals surface area contributed by atoms with Gasteiger partial charge in [0.1, 0.15) is 13.2 Å². The van der Waals surface area contributed by atoms with E-state index in [1.54, 1.807) is 0 Å². The van der Waals surface area contributed by atoms with Gasteiger partial charge in [-0.3, -0.25) is 14.4 Å². The molecular formula is C59H94O6. The van der Waals surface area contributed by atoms with Crippen molar-refractivity contribution in [1.29, 1.82) is 0 Å². The smallest absolute Gasteiger partial charge is 0.306 e. The van der Waals surface area contributed by atoms with E-state index >= 15 is 0 Å². The molecule has 366 valence electrons. The van der Waals surface area contributed by atoms with Gasteiger partial charge in [0.2, 0.25) is 0 Å². The van der Waals surface area contributed by atoms with Crippen molar-refractivity contribution < 1.29 is 28.6 Å². The first-order valence-corrected chi connectivity index (χ1v) is 26.0. The monoisotopic (exact) mass is 899 g/mol. The summed E-state index contributed by atoms with van der Waals surface area (Å²) < 4.78 is 16.7. The molecule has 0 radical (unpaired) electrons. The molecular weight excluding hydrogens is 805 g/mol. The summed E-state index contributed by atoms with van der Waals surface area (Å²) in [6.07, 6.45) is 71.9. The highest BCUT2D eigenvalue weighted by Gasteiger charge is 2.19. The molecule has 0 fully saturated rings. The maximum absolute atomic E-state index is 12.8. The molecule has 1 atom stereocenters. The first-order valence-electron chi connectivity index (χ1n) is 26.0. The normalized spacial score (nSPS) is 13.1. The van der Waals surface area contributed by atoms with E-state index in [2.05, 4.69) is 130 Å². The zero-order valence-corrected chi connectivity index (χ0v) is 41.7. The van der Waals surface area contributed by atoms with E-state index in [1.165, 1.54) is 64.2 Å². The molecule has 6 heteroatoms. The van der Waals surface area contributed by atoms with Crippen LogP contribution in [-0.2, 0) is 28.6 Å². The van der Waals surface area contributed by atoms with Gasteiger partial charge < -0.3 is 14.2 Å². The number of carbonyl (C=O) groups is 3. The second-order valence-electron chi connectivity index (χ2n) is 16.7. The molecule has 0 spiro atoms. The lowest BCUT2D eigenvalue weighted by Crippen LogP contribution is -2.30. The van der Waals surface area contributed by atoms with Crippen LogP contribution in [0, 0.1) is 0 Å². The fourth-order valence-electron chi connectivity index (χ4n) is 6.59. The summed E-state index contributed by atoms with van der Waals surface area (Å²) in [6.45, 7) is 6.28. The summed E-state index contributed by atoms with van der Waals surface area (Å²) in [5.74, 6) is -1.05. The summed E-state index contributed by atoms with van der Waals surface area (Å²) in [6, 6.07) is 0. The van der Waals surface area contributed by atoms with Crippen molar-refractivity contribution in [2.75, 3.05) is 13.2 Å². The molecule has 6 nitrogen and oxygen atoms in total. The number of hydrogen-bond acceptors (Lipinski definition) is 6. The molecule has 65 heavy (non-hydrogen) atoms. The lowest BCUT2D eigenvalue weighted by Gasteiger charge is -2.18. The van der Waals surface area contributed by atoms with E-state index in [0.717, 1.165) is 96.3 Å². The van der Waals surface area contributed by atoms with Crippen molar-refractivity contribution in [1.82, 2.24) is 0 Å². The molecule has 0 aliphatic carbocycles. The fraction of sp³-hybridized carbons (Fsp3) is 0.610. The number of esters is 3. The Morgan fingerprint density at radius 2 is 0.631 bits per heavy atom. The molecule has 0 aromatic heterocycles. The summed E-state index contributed by atoms with van der Waals surface area (Å²) in [7, 11) is 0. The number of allylic oxidation sites excluding steroid dienone is 20. The van der Waals surface area contributed by atoms with Crippen LogP contribution in [0.1, 0.15) is 213 Å². The van der Waals surface area contributed by atoms with Gasteiger partial charge in [-0.05, 0) is 116 Å². The van der Waals surface area contributed by atoms with E-state index < -0.39 is 6.10 Å². The first kappa shape index (κ1) is 60.8. The highest BCUT2D eigenvalue weighted by molar-refractivity contribution is 5.71. The van der Waals surface area contributed by atoms with Crippen molar-refractivity contribution in [2.45, 2.75) is 219 Å². The summed E-state index contributed by atoms with van der Waals surface area (Å²) in [5, 5.41) is 0. The Bertz CT molecular complexity index is 1400. The standard InChI is InChI=1S/C59H94O6/c1-4-7-10-13-16-19-22-25-28-31-34-37-40-43-46-49-52-58(61)64-55-56(54-63-57(60)51-48-45-42-39-36-33-30-27-24-21-18-15-12-9-6-3)65-59(62)53-50-47-44-41-38-35-32-29-26-23-20-17-14-11-8-5-2/h7-8,10-11,16-17,19-21,24-26,28-29,34-35,37-38,43,46,56H,4-6,9,12-15,18,22-23,27,30-33,36,39-42,44-45,47-55H2,1-3H3/b10-7-,11-8-,19-16-,20-17-,24-21-,28-25-,29-26-,37-34-,38-35-,46-43-. The maximum atomic E-state index is 12.8. The van der Waals surface area contributed by atoms with Crippen LogP contribution in [0.15, 0.2) is 122 Å². The van der Waals surface area contributed by atoms with Gasteiger partial charge in [0.05, 0.1) is 0 Å². The highest BCUT2D eigenvalue weighted by atomic mass is 16.6. The van der Waals surface area contributed by atoms with Crippen LogP contribution in [0.3, 0.4) is 0 Å². The minimum Gasteiger partial charge on any atom is -0.462 e. The van der Waals surface area contributed by atoms with E-state index in [1.807, 2.05) is 12.2 Å². The Morgan fingerprint density at radius 3 is 1.06 bits per heavy atom. The molecule has 0 N–H and O–H groups in total. The van der Waals surface area contributed by atoms with E-state index in [4.69, 9.17) is 14.2 Å². The van der Waals surface area contributed by atoms with Gasteiger partial charge in [0.25, 0.3) is 0 Å². The van der Waals surface area contributed by atoms with Gasteiger partial charge in [0, 0.05) is 19.3 Å². The van der Waals surface area contributed by atoms with Crippen molar-refractivity contribution in [2.24, 2.45) is 0 Å². The Hall–Kier alpha value is -4.19. The third-order valence-corrected chi connectivity index (χ3v) is 10.4. The minimum atomic E-state index is -0.829. The molecule has 0 heterocycles. The lowest BCUT2D eigenvalue weighted by atomic mass is 10.1. The predicted octanol–water partition coefficient (Wildman–Crippen LogP) is 17.3. The zero-order chi connectivity index (χ0) is 47.2. The largest absolute Gasteiger partial charge is 0.462 e. The van der Waals surface area contributed by atoms with Gasteiger partial charge in [-0.1, -0.05) is 200 Å². The van der Waals surface area contributed by atoms with Crippen LogP contribution in [-0.4, -0.2) is 37.2 Å². The number of rotatable bonds is 45. The SMILES string of the molecule is CC/C=C\C/C=C\C/C=C\C/C=C\C/C=C\CCC(=O)OCC(COC(=O)CCCCCCCCC/C=C\CCCCCC)OC(=O)CCCCC/C=C\C/C=C\C/C=C\C/C=C\CC. The van der Waals surface area contributed by atoms with Crippen LogP contribution < -0.4 is 0 Å². The fourth-order valence-corrected chi connectivity index (χ4v) is 6.59. The Morgan fingerprint density at radius 1 is 0.323 bits per heavy atom.